The molecule has 93 valence electrons. The van der Waals surface area contributed by atoms with Crippen molar-refractivity contribution in [3.63, 3.8) is 0 Å². The molecule has 1 fully saturated rings. The summed E-state index contributed by atoms with van der Waals surface area (Å²) in [5.41, 5.74) is 0. The van der Waals surface area contributed by atoms with Crippen molar-refractivity contribution in [1.82, 2.24) is 0 Å². The maximum atomic E-state index is 13.2. The Bertz CT molecular complexity index is 386. The van der Waals surface area contributed by atoms with Gasteiger partial charge in [-0.3, -0.25) is 0 Å². The van der Waals surface area contributed by atoms with E-state index in [9.17, 15) is 13.2 Å². The van der Waals surface area contributed by atoms with Crippen LogP contribution in [0.15, 0.2) is 6.07 Å². The van der Waals surface area contributed by atoms with Gasteiger partial charge >= 0.3 is 0 Å². The predicted molar refractivity (Wildman–Crippen MR) is 57.2 cm³/mol. The van der Waals surface area contributed by atoms with E-state index < -0.39 is 17.5 Å². The lowest BCUT2D eigenvalue weighted by Crippen LogP contribution is -2.16. The SMILES string of the molecule is Fc1[c]c(OCC2CCCCC2)c(F)cc1F. The second-order valence-electron chi connectivity index (χ2n) is 4.42. The van der Waals surface area contributed by atoms with E-state index in [2.05, 4.69) is 0 Å². The number of benzene rings is 1. The molecule has 0 aromatic heterocycles. The summed E-state index contributed by atoms with van der Waals surface area (Å²) in [6, 6.07) is 2.43. The van der Waals surface area contributed by atoms with Gasteiger partial charge in [-0.05, 0) is 18.8 Å². The molecule has 0 bridgehead atoms. The summed E-state index contributed by atoms with van der Waals surface area (Å²) in [7, 11) is 0. The zero-order chi connectivity index (χ0) is 12.3. The van der Waals surface area contributed by atoms with Crippen LogP contribution in [0.5, 0.6) is 5.75 Å². The van der Waals surface area contributed by atoms with Gasteiger partial charge in [-0.1, -0.05) is 19.3 Å². The summed E-state index contributed by atoms with van der Waals surface area (Å²) < 4.78 is 43.9. The largest absolute Gasteiger partial charge is 0.489 e. The molecule has 1 aromatic rings. The fraction of sp³-hybridized carbons (Fsp3) is 0.538. The molecule has 1 nitrogen and oxygen atoms in total. The fourth-order valence-corrected chi connectivity index (χ4v) is 2.12. The molecule has 0 atom stereocenters. The van der Waals surface area contributed by atoms with Crippen LogP contribution in [0.2, 0.25) is 0 Å². The van der Waals surface area contributed by atoms with Gasteiger partial charge in [-0.2, -0.15) is 0 Å². The fourth-order valence-electron chi connectivity index (χ4n) is 2.12. The van der Waals surface area contributed by atoms with E-state index in [0.717, 1.165) is 25.7 Å². The Labute approximate surface area is 98.6 Å². The van der Waals surface area contributed by atoms with Gasteiger partial charge in [0.15, 0.2) is 23.2 Å². The Morgan fingerprint density at radius 1 is 1.12 bits per heavy atom. The van der Waals surface area contributed by atoms with Crippen LogP contribution in [0.25, 0.3) is 0 Å². The summed E-state index contributed by atoms with van der Waals surface area (Å²) in [6.07, 6.45) is 5.62. The molecule has 17 heavy (non-hydrogen) atoms. The minimum absolute atomic E-state index is 0.325. The first-order valence-corrected chi connectivity index (χ1v) is 5.86. The molecule has 1 aliphatic rings. The molecule has 2 rings (SSSR count). The van der Waals surface area contributed by atoms with Gasteiger partial charge in [0.2, 0.25) is 0 Å². The monoisotopic (exact) mass is 243 g/mol. The van der Waals surface area contributed by atoms with Crippen LogP contribution in [-0.2, 0) is 0 Å². The Hall–Kier alpha value is -1.19. The van der Waals surface area contributed by atoms with Crippen molar-refractivity contribution in [3.05, 3.63) is 29.6 Å². The van der Waals surface area contributed by atoms with E-state index in [0.29, 0.717) is 18.6 Å². The Morgan fingerprint density at radius 3 is 2.53 bits per heavy atom. The molecule has 0 spiro atoms. The first-order chi connectivity index (χ1) is 8.16. The molecular formula is C13H14F3O. The van der Waals surface area contributed by atoms with Crippen LogP contribution in [0.1, 0.15) is 32.1 Å². The Balaban J connectivity index is 1.96. The molecule has 0 amide bonds. The van der Waals surface area contributed by atoms with Crippen LogP contribution in [0.4, 0.5) is 13.2 Å². The quantitative estimate of drug-likeness (QED) is 0.732. The van der Waals surface area contributed by atoms with E-state index in [-0.39, 0.29) is 5.75 Å². The molecule has 0 unspecified atom stereocenters. The van der Waals surface area contributed by atoms with Crippen LogP contribution in [0.3, 0.4) is 0 Å². The van der Waals surface area contributed by atoms with Gasteiger partial charge in [0, 0.05) is 6.07 Å². The van der Waals surface area contributed by atoms with Crippen LogP contribution in [0, 0.1) is 29.4 Å². The van der Waals surface area contributed by atoms with E-state index >= 15 is 0 Å². The smallest absolute Gasteiger partial charge is 0.170 e. The highest BCUT2D eigenvalue weighted by molar-refractivity contribution is 5.24. The Kier molecular flexibility index (Phi) is 3.92. The first-order valence-electron chi connectivity index (χ1n) is 5.86. The van der Waals surface area contributed by atoms with Gasteiger partial charge in [0.05, 0.1) is 12.7 Å². The average molecular weight is 243 g/mol. The number of halogens is 3. The summed E-state index contributed by atoms with van der Waals surface area (Å²) in [5, 5.41) is 0. The minimum Gasteiger partial charge on any atom is -0.489 e. The van der Waals surface area contributed by atoms with Crippen molar-refractivity contribution in [2.24, 2.45) is 5.92 Å². The third-order valence-corrected chi connectivity index (χ3v) is 3.09. The zero-order valence-corrected chi connectivity index (χ0v) is 9.44. The van der Waals surface area contributed by atoms with Crippen molar-refractivity contribution in [2.75, 3.05) is 6.61 Å². The van der Waals surface area contributed by atoms with E-state index in [1.807, 2.05) is 6.07 Å². The molecule has 1 saturated carbocycles. The van der Waals surface area contributed by atoms with Gasteiger partial charge < -0.3 is 4.74 Å². The maximum absolute atomic E-state index is 13.2. The number of ether oxygens (including phenoxy) is 1. The van der Waals surface area contributed by atoms with Crippen molar-refractivity contribution < 1.29 is 17.9 Å². The van der Waals surface area contributed by atoms with Gasteiger partial charge in [-0.25, -0.2) is 13.2 Å². The maximum Gasteiger partial charge on any atom is 0.170 e. The molecule has 0 aliphatic heterocycles. The van der Waals surface area contributed by atoms with E-state index in [1.54, 1.807) is 0 Å². The molecule has 0 heterocycles. The highest BCUT2D eigenvalue weighted by atomic mass is 19.2. The number of rotatable bonds is 3. The highest BCUT2D eigenvalue weighted by Crippen LogP contribution is 2.26. The van der Waals surface area contributed by atoms with Gasteiger partial charge in [0.1, 0.15) is 0 Å². The molecule has 1 aromatic carbocycles. The third-order valence-electron chi connectivity index (χ3n) is 3.09. The number of hydrogen-bond donors (Lipinski definition) is 0. The van der Waals surface area contributed by atoms with Crippen LogP contribution < -0.4 is 4.74 Å². The van der Waals surface area contributed by atoms with Gasteiger partial charge in [0.25, 0.3) is 0 Å². The summed E-state index contributed by atoms with van der Waals surface area (Å²) in [5.74, 6) is -3.29. The zero-order valence-electron chi connectivity index (χ0n) is 9.44. The molecular weight excluding hydrogens is 229 g/mol. The van der Waals surface area contributed by atoms with Gasteiger partial charge in [-0.15, -0.1) is 0 Å². The Morgan fingerprint density at radius 2 is 1.82 bits per heavy atom. The molecule has 1 radical (unpaired) electrons. The van der Waals surface area contributed by atoms with Crippen LogP contribution in [-0.4, -0.2) is 6.61 Å². The normalized spacial score (nSPS) is 17.1. The topological polar surface area (TPSA) is 9.23 Å². The molecule has 1 aliphatic carbocycles. The molecule has 4 heteroatoms. The van der Waals surface area contributed by atoms with E-state index in [1.165, 1.54) is 6.42 Å². The summed E-state index contributed by atoms with van der Waals surface area (Å²) in [4.78, 5) is 0. The van der Waals surface area contributed by atoms with E-state index in [4.69, 9.17) is 4.74 Å². The third kappa shape index (κ3) is 3.14. The summed E-state index contributed by atoms with van der Waals surface area (Å²) in [6.45, 7) is 0.346. The van der Waals surface area contributed by atoms with Crippen molar-refractivity contribution >= 4 is 0 Å². The molecule has 0 N–H and O–H groups in total. The standard InChI is InChI=1S/C13H14F3O/c14-10-6-12(16)13(7-11(10)15)17-8-9-4-2-1-3-5-9/h6,9H,1-5,8H2. The minimum atomic E-state index is -1.24. The first kappa shape index (κ1) is 12.3. The second-order valence-corrected chi connectivity index (χ2v) is 4.42. The summed E-state index contributed by atoms with van der Waals surface area (Å²) >= 11 is 0. The van der Waals surface area contributed by atoms with Crippen LogP contribution >= 0.6 is 0 Å². The molecule has 0 saturated heterocycles. The lowest BCUT2D eigenvalue weighted by molar-refractivity contribution is 0.200. The van der Waals surface area contributed by atoms with Crippen molar-refractivity contribution in [1.29, 1.82) is 0 Å². The van der Waals surface area contributed by atoms with Crippen molar-refractivity contribution in [3.8, 4) is 5.75 Å². The average Bonchev–Trinajstić information content (AvgIpc) is 2.33. The van der Waals surface area contributed by atoms with Crippen molar-refractivity contribution in [2.45, 2.75) is 32.1 Å². The lowest BCUT2D eigenvalue weighted by Gasteiger charge is -2.21. The lowest BCUT2D eigenvalue weighted by atomic mass is 9.90. The predicted octanol–water partition coefficient (Wildman–Crippen LogP) is 3.86. The number of hydrogen-bond acceptors (Lipinski definition) is 1. The highest BCUT2D eigenvalue weighted by Gasteiger charge is 2.16. The second kappa shape index (κ2) is 5.43.